The summed E-state index contributed by atoms with van der Waals surface area (Å²) in [5, 5.41) is 2.85. The Kier molecular flexibility index (Phi) is 6.33. The van der Waals surface area contributed by atoms with Gasteiger partial charge < -0.3 is 9.73 Å². The van der Waals surface area contributed by atoms with Gasteiger partial charge in [-0.15, -0.1) is 0 Å². The fourth-order valence-corrected chi connectivity index (χ4v) is 4.15. The number of hydrogen-bond donors (Lipinski definition) is 1. The lowest BCUT2D eigenvalue weighted by molar-refractivity contribution is 0.0950. The highest BCUT2D eigenvalue weighted by Gasteiger charge is 2.15. The van der Waals surface area contributed by atoms with Gasteiger partial charge in [0.05, 0.1) is 34.5 Å². The molecule has 4 aromatic rings. The zero-order chi connectivity index (χ0) is 21.6. The summed E-state index contributed by atoms with van der Waals surface area (Å²) in [7, 11) is -1.20. The fourth-order valence-electron chi connectivity index (χ4n) is 3.00. The molecule has 4 rings (SSSR count). The number of oxazole rings is 1. The van der Waals surface area contributed by atoms with Crippen LogP contribution in [0.1, 0.15) is 27.5 Å². The lowest BCUT2D eigenvalue weighted by Gasteiger charge is -2.05. The first-order chi connectivity index (χ1) is 15.1. The molecule has 1 amide bonds. The molecular weight excluding hydrogens is 410 g/mol. The lowest BCUT2D eigenvalue weighted by Crippen LogP contribution is -2.23. The Morgan fingerprint density at radius 2 is 1.74 bits per heavy atom. The minimum absolute atomic E-state index is 0.181. The molecule has 0 saturated heterocycles. The topological polar surface area (TPSA) is 85.1 Å². The molecule has 156 valence electrons. The van der Waals surface area contributed by atoms with Crippen LogP contribution in [0, 0.1) is 6.92 Å². The molecule has 0 aliphatic carbocycles. The van der Waals surface area contributed by atoms with Gasteiger partial charge in [0, 0.05) is 22.2 Å². The van der Waals surface area contributed by atoms with Crippen LogP contribution in [0.4, 0.5) is 0 Å². The second kappa shape index (κ2) is 9.49. The maximum absolute atomic E-state index is 12.6. The third-order valence-corrected chi connectivity index (χ3v) is 6.05. The summed E-state index contributed by atoms with van der Waals surface area (Å²) in [6.45, 7) is 2.18. The zero-order valence-corrected chi connectivity index (χ0v) is 17.8. The molecule has 6 nitrogen and oxygen atoms in total. The molecule has 0 unspecified atom stereocenters. The van der Waals surface area contributed by atoms with E-state index in [2.05, 4.69) is 15.3 Å². The Labute approximate surface area is 182 Å². The van der Waals surface area contributed by atoms with Gasteiger partial charge in [0.1, 0.15) is 5.76 Å². The van der Waals surface area contributed by atoms with E-state index in [0.29, 0.717) is 29.5 Å². The molecule has 2 heterocycles. The minimum atomic E-state index is -1.20. The third kappa shape index (κ3) is 5.13. The molecule has 0 radical (unpaired) electrons. The molecule has 0 fully saturated rings. The highest BCUT2D eigenvalue weighted by atomic mass is 32.2. The number of pyridine rings is 1. The van der Waals surface area contributed by atoms with Crippen LogP contribution in [-0.4, -0.2) is 20.1 Å². The Morgan fingerprint density at radius 1 is 1.00 bits per heavy atom. The van der Waals surface area contributed by atoms with Gasteiger partial charge in [-0.1, -0.05) is 24.3 Å². The molecule has 31 heavy (non-hydrogen) atoms. The summed E-state index contributed by atoms with van der Waals surface area (Å²) in [6.07, 6.45) is 1.69. The van der Waals surface area contributed by atoms with Gasteiger partial charge in [-0.05, 0) is 55.5 Å². The van der Waals surface area contributed by atoms with Gasteiger partial charge >= 0.3 is 0 Å². The Bertz CT molecular complexity index is 1190. The summed E-state index contributed by atoms with van der Waals surface area (Å²) >= 11 is 0. The molecule has 2 aromatic carbocycles. The first kappa shape index (κ1) is 20.7. The van der Waals surface area contributed by atoms with Crippen LogP contribution in [0.3, 0.4) is 0 Å². The molecule has 1 N–H and O–H groups in total. The number of aromatic nitrogens is 2. The number of hydrogen-bond acceptors (Lipinski definition) is 5. The van der Waals surface area contributed by atoms with Crippen molar-refractivity contribution in [3.05, 3.63) is 102 Å². The summed E-state index contributed by atoms with van der Waals surface area (Å²) in [5.74, 6) is 1.18. The largest absolute Gasteiger partial charge is 0.441 e. The number of aryl methyl sites for hydroxylation is 1. The normalized spacial score (nSPS) is 11.8. The molecule has 0 aliphatic rings. The summed E-state index contributed by atoms with van der Waals surface area (Å²) in [6, 6.07) is 21.9. The van der Waals surface area contributed by atoms with E-state index in [4.69, 9.17) is 4.42 Å². The van der Waals surface area contributed by atoms with Crippen LogP contribution in [0.25, 0.3) is 11.5 Å². The molecule has 0 spiro atoms. The van der Waals surface area contributed by atoms with Gasteiger partial charge in [-0.2, -0.15) is 0 Å². The maximum atomic E-state index is 12.6. The molecule has 0 aliphatic heterocycles. The van der Waals surface area contributed by atoms with Crippen molar-refractivity contribution in [3.8, 4) is 11.5 Å². The SMILES string of the molecule is Cc1oc(-c2ccc(C(=O)NCc3ccccn3)cc2)nc1C[S@@](=O)c1ccccc1. The molecular formula is C24H21N3O3S. The van der Waals surface area contributed by atoms with Crippen LogP contribution in [0.2, 0.25) is 0 Å². The van der Waals surface area contributed by atoms with Crippen molar-refractivity contribution in [2.75, 3.05) is 0 Å². The van der Waals surface area contributed by atoms with Crippen molar-refractivity contribution in [2.24, 2.45) is 0 Å². The zero-order valence-electron chi connectivity index (χ0n) is 16.9. The first-order valence-corrected chi connectivity index (χ1v) is 11.1. The van der Waals surface area contributed by atoms with E-state index in [-0.39, 0.29) is 11.7 Å². The number of carbonyl (C=O) groups excluding carboxylic acids is 1. The van der Waals surface area contributed by atoms with E-state index in [1.54, 1.807) is 30.5 Å². The predicted octanol–water partition coefficient (Wildman–Crippen LogP) is 4.28. The molecule has 2 aromatic heterocycles. The molecule has 0 bridgehead atoms. The van der Waals surface area contributed by atoms with Crippen molar-refractivity contribution in [1.29, 1.82) is 0 Å². The standard InChI is InChI=1S/C24H21N3O3S/c1-17-22(16-31(29)21-8-3-2-4-9-21)27-24(30-17)19-12-10-18(11-13-19)23(28)26-15-20-7-5-6-14-25-20/h2-14H,15-16H2,1H3,(H,26,28)/t31-/m1/s1. The van der Waals surface area contributed by atoms with Gasteiger partial charge in [0.25, 0.3) is 5.91 Å². The molecule has 7 heteroatoms. The van der Waals surface area contributed by atoms with Crippen LogP contribution in [-0.2, 0) is 23.1 Å². The van der Waals surface area contributed by atoms with E-state index >= 15 is 0 Å². The van der Waals surface area contributed by atoms with Crippen LogP contribution >= 0.6 is 0 Å². The fraction of sp³-hybridized carbons (Fsp3) is 0.125. The van der Waals surface area contributed by atoms with E-state index in [1.807, 2.05) is 55.5 Å². The molecule has 0 saturated carbocycles. The van der Waals surface area contributed by atoms with E-state index in [9.17, 15) is 9.00 Å². The van der Waals surface area contributed by atoms with Crippen LogP contribution < -0.4 is 5.32 Å². The maximum Gasteiger partial charge on any atom is 0.251 e. The summed E-state index contributed by atoms with van der Waals surface area (Å²) in [4.78, 5) is 21.8. The van der Waals surface area contributed by atoms with Crippen molar-refractivity contribution in [3.63, 3.8) is 0 Å². The Balaban J connectivity index is 1.42. The first-order valence-electron chi connectivity index (χ1n) is 9.78. The van der Waals surface area contributed by atoms with E-state index in [0.717, 1.165) is 16.2 Å². The number of nitrogens with zero attached hydrogens (tertiary/aromatic N) is 2. The van der Waals surface area contributed by atoms with Gasteiger partial charge in [-0.3, -0.25) is 14.0 Å². The van der Waals surface area contributed by atoms with E-state index in [1.165, 1.54) is 0 Å². The highest BCUT2D eigenvalue weighted by Crippen LogP contribution is 2.24. The smallest absolute Gasteiger partial charge is 0.251 e. The Hall–Kier alpha value is -3.58. The number of nitrogens with one attached hydrogen (secondary N) is 1. The van der Waals surface area contributed by atoms with Gasteiger partial charge in [0.15, 0.2) is 0 Å². The van der Waals surface area contributed by atoms with E-state index < -0.39 is 10.8 Å². The second-order valence-corrected chi connectivity index (χ2v) is 8.36. The predicted molar refractivity (Wildman–Crippen MR) is 119 cm³/mol. The summed E-state index contributed by atoms with van der Waals surface area (Å²) < 4.78 is 18.4. The lowest BCUT2D eigenvalue weighted by atomic mass is 10.1. The quantitative estimate of drug-likeness (QED) is 0.472. The third-order valence-electron chi connectivity index (χ3n) is 4.72. The van der Waals surface area contributed by atoms with Crippen molar-refractivity contribution >= 4 is 16.7 Å². The van der Waals surface area contributed by atoms with Crippen molar-refractivity contribution < 1.29 is 13.4 Å². The number of amides is 1. The average Bonchev–Trinajstić information content (AvgIpc) is 3.19. The van der Waals surface area contributed by atoms with Crippen molar-refractivity contribution in [2.45, 2.75) is 24.1 Å². The average molecular weight is 432 g/mol. The summed E-state index contributed by atoms with van der Waals surface area (Å²) in [5.41, 5.74) is 2.74. The van der Waals surface area contributed by atoms with Gasteiger partial charge in [-0.25, -0.2) is 4.98 Å². The number of carbonyl (C=O) groups is 1. The number of benzene rings is 2. The Morgan fingerprint density at radius 3 is 2.45 bits per heavy atom. The van der Waals surface area contributed by atoms with Crippen LogP contribution in [0.15, 0.2) is 88.3 Å². The van der Waals surface area contributed by atoms with Crippen molar-refractivity contribution in [1.82, 2.24) is 15.3 Å². The van der Waals surface area contributed by atoms with Gasteiger partial charge in [0.2, 0.25) is 5.89 Å². The molecule has 1 atom stereocenters. The number of rotatable bonds is 7. The highest BCUT2D eigenvalue weighted by molar-refractivity contribution is 7.84. The second-order valence-electron chi connectivity index (χ2n) is 6.91. The monoisotopic (exact) mass is 431 g/mol. The van der Waals surface area contributed by atoms with Crippen LogP contribution in [0.5, 0.6) is 0 Å². The minimum Gasteiger partial charge on any atom is -0.441 e.